The average molecular weight is 637 g/mol. The maximum absolute atomic E-state index is 14.1. The number of ether oxygens (including phenoxy) is 2. The minimum Gasteiger partial charge on any atom is -0.493 e. The van der Waals surface area contributed by atoms with Gasteiger partial charge in [-0.05, 0) is 62.2 Å². The number of carbonyl (C=O) groups excluding carboxylic acids is 2. The van der Waals surface area contributed by atoms with Crippen LogP contribution in [0.4, 0.5) is 5.69 Å². The maximum atomic E-state index is 14.1. The van der Waals surface area contributed by atoms with Crippen LogP contribution >= 0.6 is 23.2 Å². The molecule has 0 aliphatic carbocycles. The number of hydrogen-bond donors (Lipinski definition) is 1. The Kier molecular flexibility index (Phi) is 11.5. The highest BCUT2D eigenvalue weighted by molar-refractivity contribution is 7.92. The zero-order valence-corrected chi connectivity index (χ0v) is 26.5. The van der Waals surface area contributed by atoms with Crippen molar-refractivity contribution >= 4 is 50.7 Å². The number of halogens is 2. The Morgan fingerprint density at radius 2 is 1.60 bits per heavy atom. The quantitative estimate of drug-likeness (QED) is 0.267. The highest BCUT2D eigenvalue weighted by atomic mass is 35.5. The Morgan fingerprint density at radius 1 is 0.929 bits per heavy atom. The first kappa shape index (κ1) is 33.0. The van der Waals surface area contributed by atoms with Crippen LogP contribution in [0.15, 0.2) is 65.6 Å². The van der Waals surface area contributed by atoms with Crippen LogP contribution < -0.4 is 19.1 Å². The Hall–Kier alpha value is -3.47. The number of hydrogen-bond acceptors (Lipinski definition) is 6. The van der Waals surface area contributed by atoms with E-state index in [1.165, 1.54) is 37.3 Å². The Bertz CT molecular complexity index is 1520. The third kappa shape index (κ3) is 7.87. The van der Waals surface area contributed by atoms with Gasteiger partial charge in [0.2, 0.25) is 11.8 Å². The number of aryl methyl sites for hydroxylation is 1. The fourth-order valence-electron chi connectivity index (χ4n) is 4.16. The summed E-state index contributed by atoms with van der Waals surface area (Å²) in [6.07, 6.45) is 0.712. The van der Waals surface area contributed by atoms with Crippen LogP contribution in [0.3, 0.4) is 0 Å². The van der Waals surface area contributed by atoms with E-state index < -0.39 is 28.5 Å². The molecule has 3 aromatic carbocycles. The van der Waals surface area contributed by atoms with Gasteiger partial charge >= 0.3 is 0 Å². The zero-order valence-electron chi connectivity index (χ0n) is 24.2. The van der Waals surface area contributed by atoms with Crippen LogP contribution in [0.2, 0.25) is 10.0 Å². The van der Waals surface area contributed by atoms with E-state index in [-0.39, 0.29) is 28.8 Å². The van der Waals surface area contributed by atoms with Crippen molar-refractivity contribution in [1.82, 2.24) is 10.2 Å². The molecule has 2 amide bonds. The van der Waals surface area contributed by atoms with Crippen molar-refractivity contribution in [2.24, 2.45) is 0 Å². The lowest BCUT2D eigenvalue weighted by molar-refractivity contribution is -0.139. The number of amides is 2. The molecule has 42 heavy (non-hydrogen) atoms. The summed E-state index contributed by atoms with van der Waals surface area (Å²) < 4.78 is 39.8. The molecule has 0 unspecified atom stereocenters. The molecule has 0 aliphatic heterocycles. The molecule has 3 aromatic rings. The van der Waals surface area contributed by atoms with Gasteiger partial charge in [-0.15, -0.1) is 0 Å². The molecule has 1 N–H and O–H groups in total. The van der Waals surface area contributed by atoms with Crippen molar-refractivity contribution in [3.8, 4) is 11.5 Å². The van der Waals surface area contributed by atoms with Gasteiger partial charge in [0.25, 0.3) is 10.0 Å². The first-order chi connectivity index (χ1) is 19.9. The summed E-state index contributed by atoms with van der Waals surface area (Å²) in [7, 11) is -1.44. The minimum absolute atomic E-state index is 0.00538. The zero-order chi connectivity index (χ0) is 31.0. The van der Waals surface area contributed by atoms with Crippen molar-refractivity contribution in [2.75, 3.05) is 31.6 Å². The molecule has 3 rings (SSSR count). The largest absolute Gasteiger partial charge is 0.493 e. The fraction of sp³-hybridized carbons (Fsp3) is 0.333. The summed E-state index contributed by atoms with van der Waals surface area (Å²) in [6, 6.07) is 15.0. The predicted octanol–water partition coefficient (Wildman–Crippen LogP) is 5.46. The molecule has 1 atom stereocenters. The number of methoxy groups -OCH3 is 2. The molecule has 0 heterocycles. The van der Waals surface area contributed by atoms with Crippen LogP contribution in [-0.2, 0) is 26.2 Å². The lowest BCUT2D eigenvalue weighted by atomic mass is 10.1. The second-order valence-electron chi connectivity index (χ2n) is 9.60. The molecule has 0 fully saturated rings. The topological polar surface area (TPSA) is 105 Å². The van der Waals surface area contributed by atoms with E-state index in [0.717, 1.165) is 9.87 Å². The molecule has 0 spiro atoms. The number of carbonyl (C=O) groups is 2. The second-order valence-corrected chi connectivity index (χ2v) is 12.3. The molecule has 0 radical (unpaired) electrons. The number of anilines is 1. The van der Waals surface area contributed by atoms with Gasteiger partial charge in [-0.1, -0.05) is 53.9 Å². The molecule has 0 aromatic heterocycles. The molecule has 0 aliphatic rings. The van der Waals surface area contributed by atoms with E-state index in [1.54, 1.807) is 49.4 Å². The number of rotatable bonds is 13. The third-order valence-corrected chi connectivity index (χ3v) is 9.11. The molecule has 0 saturated heterocycles. The van der Waals surface area contributed by atoms with Gasteiger partial charge in [0, 0.05) is 19.2 Å². The van der Waals surface area contributed by atoms with Gasteiger partial charge < -0.3 is 19.7 Å². The summed E-state index contributed by atoms with van der Waals surface area (Å²) in [6.45, 7) is 5.24. The van der Waals surface area contributed by atoms with E-state index in [1.807, 2.05) is 13.8 Å². The van der Waals surface area contributed by atoms with E-state index in [2.05, 4.69) is 5.32 Å². The molecule has 226 valence electrons. The van der Waals surface area contributed by atoms with E-state index in [0.29, 0.717) is 34.3 Å². The van der Waals surface area contributed by atoms with E-state index >= 15 is 0 Å². The van der Waals surface area contributed by atoms with Gasteiger partial charge in [0.1, 0.15) is 12.6 Å². The molecule has 0 bridgehead atoms. The summed E-state index contributed by atoms with van der Waals surface area (Å²) in [5, 5.41) is 3.45. The van der Waals surface area contributed by atoms with E-state index in [9.17, 15) is 18.0 Å². The normalized spacial score (nSPS) is 11.9. The van der Waals surface area contributed by atoms with Crippen molar-refractivity contribution in [1.29, 1.82) is 0 Å². The van der Waals surface area contributed by atoms with Crippen molar-refractivity contribution < 1.29 is 27.5 Å². The highest BCUT2D eigenvalue weighted by Gasteiger charge is 2.33. The number of sulfonamides is 1. The molecule has 9 nitrogen and oxygen atoms in total. The fourth-order valence-corrected chi connectivity index (χ4v) is 5.91. The number of nitrogens with one attached hydrogen (secondary N) is 1. The number of nitrogens with zero attached hydrogens (tertiary/aromatic N) is 2. The summed E-state index contributed by atoms with van der Waals surface area (Å²) in [5.74, 6) is -0.384. The summed E-state index contributed by atoms with van der Waals surface area (Å²) >= 11 is 12.3. The Balaban J connectivity index is 2.07. The molecule has 0 saturated carbocycles. The van der Waals surface area contributed by atoms with Gasteiger partial charge in [-0.3, -0.25) is 13.9 Å². The highest BCUT2D eigenvalue weighted by Crippen LogP contribution is 2.32. The van der Waals surface area contributed by atoms with Gasteiger partial charge in [-0.25, -0.2) is 8.42 Å². The number of benzene rings is 3. The molecule has 12 heteroatoms. The van der Waals surface area contributed by atoms with Crippen molar-refractivity contribution in [3.63, 3.8) is 0 Å². The minimum atomic E-state index is -4.29. The van der Waals surface area contributed by atoms with Crippen molar-refractivity contribution in [2.45, 2.75) is 44.7 Å². The molecular formula is C30H35Cl2N3O6S. The van der Waals surface area contributed by atoms with Crippen LogP contribution in [0, 0.1) is 6.92 Å². The van der Waals surface area contributed by atoms with Gasteiger partial charge in [0.15, 0.2) is 11.5 Å². The van der Waals surface area contributed by atoms with Gasteiger partial charge in [0.05, 0.1) is 34.8 Å². The first-order valence-electron chi connectivity index (χ1n) is 13.3. The molecular weight excluding hydrogens is 601 g/mol. The Labute approximate surface area is 257 Å². The van der Waals surface area contributed by atoms with Crippen LogP contribution in [0.1, 0.15) is 31.4 Å². The van der Waals surface area contributed by atoms with E-state index in [4.69, 9.17) is 32.7 Å². The predicted molar refractivity (Wildman–Crippen MR) is 165 cm³/mol. The van der Waals surface area contributed by atoms with Crippen LogP contribution in [-0.4, -0.2) is 58.5 Å². The van der Waals surface area contributed by atoms with Crippen molar-refractivity contribution in [3.05, 3.63) is 81.8 Å². The average Bonchev–Trinajstić information content (AvgIpc) is 2.98. The monoisotopic (exact) mass is 635 g/mol. The SMILES string of the molecule is CCCNC(=O)[C@@H](C)N(Cc1ccc(Cl)c(Cl)c1)C(=O)CN(c1ccc(C)cc1)S(=O)(=O)c1ccc(OC)c(OC)c1. The summed E-state index contributed by atoms with van der Waals surface area (Å²) in [5.41, 5.74) is 1.81. The standard InChI is InChI=1S/C30H35Cl2N3O6S/c1-6-15-33-30(37)21(3)34(18-22-9-13-25(31)26(32)16-22)29(36)19-35(23-10-7-20(2)8-11-23)42(38,39)24-12-14-27(40-4)28(17-24)41-5/h7-14,16-17,21H,6,15,18-19H2,1-5H3,(H,33,37)/t21-/m1/s1. The lowest BCUT2D eigenvalue weighted by Crippen LogP contribution is -2.51. The summed E-state index contributed by atoms with van der Waals surface area (Å²) in [4.78, 5) is 28.2. The van der Waals surface area contributed by atoms with Crippen LogP contribution in [0.5, 0.6) is 11.5 Å². The lowest BCUT2D eigenvalue weighted by Gasteiger charge is -2.32. The maximum Gasteiger partial charge on any atom is 0.264 e. The van der Waals surface area contributed by atoms with Gasteiger partial charge in [-0.2, -0.15) is 0 Å². The Morgan fingerprint density at radius 3 is 2.19 bits per heavy atom. The first-order valence-corrected chi connectivity index (χ1v) is 15.4. The smallest absolute Gasteiger partial charge is 0.264 e. The second kappa shape index (κ2) is 14.6. The third-order valence-electron chi connectivity index (χ3n) is 6.60. The van der Waals surface area contributed by atoms with Crippen LogP contribution in [0.25, 0.3) is 0 Å².